The molecule has 17 heavy (non-hydrogen) atoms. The van der Waals surface area contributed by atoms with Crippen molar-refractivity contribution in [2.45, 2.75) is 13.3 Å². The molecular formula is C11H20N2O4. The van der Waals surface area contributed by atoms with Crippen LogP contribution < -0.4 is 5.32 Å². The minimum atomic E-state index is -0.802. The van der Waals surface area contributed by atoms with Gasteiger partial charge in [-0.15, -0.1) is 0 Å². The SMILES string of the molecule is COCC(C)CNC(=O)N1CC(CC(=O)O)C1. The first-order valence-electron chi connectivity index (χ1n) is 5.76. The van der Waals surface area contributed by atoms with E-state index in [1.54, 1.807) is 12.0 Å². The lowest BCUT2D eigenvalue weighted by Gasteiger charge is -2.38. The molecule has 0 aromatic heterocycles. The van der Waals surface area contributed by atoms with Crippen LogP contribution in [-0.4, -0.2) is 55.4 Å². The van der Waals surface area contributed by atoms with Gasteiger partial charge < -0.3 is 20.1 Å². The zero-order valence-electron chi connectivity index (χ0n) is 10.3. The number of carbonyl (C=O) groups is 2. The second-order valence-electron chi connectivity index (χ2n) is 4.62. The summed E-state index contributed by atoms with van der Waals surface area (Å²) in [6, 6.07) is -0.116. The third-order valence-corrected chi connectivity index (χ3v) is 2.76. The Bertz CT molecular complexity index is 277. The number of carboxylic acid groups (broad SMARTS) is 1. The molecule has 1 rings (SSSR count). The van der Waals surface area contributed by atoms with Gasteiger partial charge in [0.05, 0.1) is 13.0 Å². The Morgan fingerprint density at radius 1 is 1.53 bits per heavy atom. The van der Waals surface area contributed by atoms with Crippen LogP contribution in [0.15, 0.2) is 0 Å². The molecule has 0 spiro atoms. The molecule has 0 saturated carbocycles. The van der Waals surface area contributed by atoms with E-state index in [-0.39, 0.29) is 24.3 Å². The summed E-state index contributed by atoms with van der Waals surface area (Å²) in [6.45, 7) is 4.26. The number of hydrogen-bond donors (Lipinski definition) is 2. The molecule has 0 aliphatic carbocycles. The molecule has 98 valence electrons. The van der Waals surface area contributed by atoms with Crippen LogP contribution in [0.25, 0.3) is 0 Å². The molecule has 1 aliphatic rings. The molecule has 0 bridgehead atoms. The Kier molecular flexibility index (Phi) is 5.21. The lowest BCUT2D eigenvalue weighted by atomic mass is 9.97. The molecule has 1 atom stereocenters. The van der Waals surface area contributed by atoms with Gasteiger partial charge in [0.15, 0.2) is 0 Å². The predicted octanol–water partition coefficient (Wildman–Crippen LogP) is 0.385. The van der Waals surface area contributed by atoms with Gasteiger partial charge in [-0.05, 0) is 5.92 Å². The Morgan fingerprint density at radius 2 is 2.18 bits per heavy atom. The lowest BCUT2D eigenvalue weighted by Crippen LogP contribution is -2.54. The first-order chi connectivity index (χ1) is 8.02. The molecule has 6 heteroatoms. The van der Waals surface area contributed by atoms with E-state index >= 15 is 0 Å². The highest BCUT2D eigenvalue weighted by atomic mass is 16.5. The number of aliphatic carboxylic acids is 1. The molecule has 2 N–H and O–H groups in total. The Morgan fingerprint density at radius 3 is 2.71 bits per heavy atom. The van der Waals surface area contributed by atoms with Gasteiger partial charge in [0.25, 0.3) is 0 Å². The second kappa shape index (κ2) is 6.44. The van der Waals surface area contributed by atoms with E-state index < -0.39 is 5.97 Å². The summed E-state index contributed by atoms with van der Waals surface area (Å²) in [5.41, 5.74) is 0. The zero-order valence-corrected chi connectivity index (χ0v) is 10.3. The van der Waals surface area contributed by atoms with Crippen molar-refractivity contribution < 1.29 is 19.4 Å². The second-order valence-corrected chi connectivity index (χ2v) is 4.62. The summed E-state index contributed by atoms with van der Waals surface area (Å²) < 4.78 is 4.97. The van der Waals surface area contributed by atoms with Crippen molar-refractivity contribution in [3.05, 3.63) is 0 Å². The Balaban J connectivity index is 2.12. The normalized spacial score (nSPS) is 17.4. The van der Waals surface area contributed by atoms with E-state index in [0.717, 1.165) is 0 Å². The summed E-state index contributed by atoms with van der Waals surface area (Å²) in [5, 5.41) is 11.4. The number of ether oxygens (including phenoxy) is 1. The van der Waals surface area contributed by atoms with Crippen molar-refractivity contribution in [3.8, 4) is 0 Å². The summed E-state index contributed by atoms with van der Waals surface area (Å²) >= 11 is 0. The van der Waals surface area contributed by atoms with E-state index in [2.05, 4.69) is 5.32 Å². The van der Waals surface area contributed by atoms with E-state index in [0.29, 0.717) is 26.2 Å². The van der Waals surface area contributed by atoms with Crippen molar-refractivity contribution >= 4 is 12.0 Å². The van der Waals surface area contributed by atoms with Gasteiger partial charge in [0.1, 0.15) is 0 Å². The minimum absolute atomic E-state index is 0.106. The van der Waals surface area contributed by atoms with E-state index in [1.807, 2.05) is 6.92 Å². The molecule has 6 nitrogen and oxygen atoms in total. The maximum atomic E-state index is 11.6. The van der Waals surface area contributed by atoms with Crippen molar-refractivity contribution in [1.82, 2.24) is 10.2 Å². The van der Waals surface area contributed by atoms with Crippen LogP contribution in [0, 0.1) is 11.8 Å². The molecule has 1 heterocycles. The number of hydrogen-bond acceptors (Lipinski definition) is 3. The Labute approximate surface area is 101 Å². The fourth-order valence-corrected chi connectivity index (χ4v) is 1.83. The largest absolute Gasteiger partial charge is 0.481 e. The number of carbonyl (C=O) groups excluding carboxylic acids is 1. The van der Waals surface area contributed by atoms with Crippen LogP contribution in [0.3, 0.4) is 0 Å². The number of nitrogens with zero attached hydrogens (tertiary/aromatic N) is 1. The maximum Gasteiger partial charge on any atom is 0.317 e. The molecule has 1 unspecified atom stereocenters. The third-order valence-electron chi connectivity index (χ3n) is 2.76. The summed E-state index contributed by atoms with van der Waals surface area (Å²) in [5.74, 6) is -0.418. The highest BCUT2D eigenvalue weighted by molar-refractivity contribution is 5.75. The molecule has 2 amide bonds. The molecule has 0 radical (unpaired) electrons. The van der Waals surface area contributed by atoms with Gasteiger partial charge in [-0.2, -0.15) is 0 Å². The summed E-state index contributed by atoms with van der Waals surface area (Å²) in [4.78, 5) is 23.7. The van der Waals surface area contributed by atoms with Gasteiger partial charge >= 0.3 is 12.0 Å². The average Bonchev–Trinajstić information content (AvgIpc) is 2.19. The Hall–Kier alpha value is -1.30. The molecule has 0 aromatic rings. The maximum absolute atomic E-state index is 11.6. The number of methoxy groups -OCH3 is 1. The summed E-state index contributed by atoms with van der Waals surface area (Å²) in [7, 11) is 1.63. The van der Waals surface area contributed by atoms with E-state index in [4.69, 9.17) is 9.84 Å². The fraction of sp³-hybridized carbons (Fsp3) is 0.818. The summed E-state index contributed by atoms with van der Waals surface area (Å²) in [6.07, 6.45) is 0.143. The van der Waals surface area contributed by atoms with Gasteiger partial charge in [0, 0.05) is 32.7 Å². The quantitative estimate of drug-likeness (QED) is 0.708. The van der Waals surface area contributed by atoms with Crippen molar-refractivity contribution in [3.63, 3.8) is 0 Å². The van der Waals surface area contributed by atoms with Crippen LogP contribution in [0.1, 0.15) is 13.3 Å². The third kappa shape index (κ3) is 4.60. The minimum Gasteiger partial charge on any atom is -0.481 e. The average molecular weight is 244 g/mol. The molecule has 1 saturated heterocycles. The highest BCUT2D eigenvalue weighted by Gasteiger charge is 2.31. The van der Waals surface area contributed by atoms with Crippen LogP contribution in [0.5, 0.6) is 0 Å². The van der Waals surface area contributed by atoms with Crippen LogP contribution in [0.4, 0.5) is 4.79 Å². The fourth-order valence-electron chi connectivity index (χ4n) is 1.83. The van der Waals surface area contributed by atoms with Gasteiger partial charge in [-0.25, -0.2) is 4.79 Å². The van der Waals surface area contributed by atoms with Crippen LogP contribution in [-0.2, 0) is 9.53 Å². The topological polar surface area (TPSA) is 78.9 Å². The molecular weight excluding hydrogens is 224 g/mol. The number of carboxylic acids is 1. The van der Waals surface area contributed by atoms with Crippen molar-refractivity contribution in [1.29, 1.82) is 0 Å². The number of urea groups is 1. The number of rotatable bonds is 6. The van der Waals surface area contributed by atoms with Gasteiger partial charge in [-0.1, -0.05) is 6.92 Å². The molecule has 1 aliphatic heterocycles. The smallest absolute Gasteiger partial charge is 0.317 e. The van der Waals surface area contributed by atoms with E-state index in [1.165, 1.54) is 0 Å². The first kappa shape index (κ1) is 13.8. The molecule has 0 aromatic carbocycles. The standard InChI is InChI=1S/C11H20N2O4/c1-8(7-17-2)4-12-11(16)13-5-9(6-13)3-10(14)15/h8-9H,3-7H2,1-2H3,(H,12,16)(H,14,15). The number of likely N-dealkylation sites (tertiary alicyclic amines) is 1. The zero-order chi connectivity index (χ0) is 12.8. The van der Waals surface area contributed by atoms with Gasteiger partial charge in [-0.3, -0.25) is 4.79 Å². The van der Waals surface area contributed by atoms with E-state index in [9.17, 15) is 9.59 Å². The number of nitrogens with one attached hydrogen (secondary N) is 1. The van der Waals surface area contributed by atoms with Crippen molar-refractivity contribution in [2.24, 2.45) is 11.8 Å². The van der Waals surface area contributed by atoms with Crippen LogP contribution in [0.2, 0.25) is 0 Å². The lowest BCUT2D eigenvalue weighted by molar-refractivity contribution is -0.139. The van der Waals surface area contributed by atoms with Gasteiger partial charge in [0.2, 0.25) is 0 Å². The van der Waals surface area contributed by atoms with Crippen LogP contribution >= 0.6 is 0 Å². The van der Waals surface area contributed by atoms with Crippen molar-refractivity contribution in [2.75, 3.05) is 33.4 Å². The monoisotopic (exact) mass is 244 g/mol. The highest BCUT2D eigenvalue weighted by Crippen LogP contribution is 2.18. The molecule has 1 fully saturated rings. The predicted molar refractivity (Wildman–Crippen MR) is 61.8 cm³/mol. The first-order valence-corrected chi connectivity index (χ1v) is 5.76. The number of amides is 2.